The quantitative estimate of drug-likeness (QED) is 0.797. The fourth-order valence-electron chi connectivity index (χ4n) is 1.91. The van der Waals surface area contributed by atoms with Gasteiger partial charge in [0.05, 0.1) is 0 Å². The first-order valence-corrected chi connectivity index (χ1v) is 7.76. The van der Waals surface area contributed by atoms with Crippen LogP contribution < -0.4 is 4.72 Å². The SMILES string of the molecule is CCC(CC1CC1)NS(=O)(=O)c1ccc(C(=O)O)o1. The van der Waals surface area contributed by atoms with Gasteiger partial charge < -0.3 is 9.52 Å². The third-order valence-corrected chi connectivity index (χ3v) is 4.58. The third-order valence-electron chi connectivity index (χ3n) is 3.19. The minimum atomic E-state index is -3.78. The van der Waals surface area contributed by atoms with E-state index in [1.807, 2.05) is 6.92 Å². The molecule has 0 aliphatic heterocycles. The molecule has 1 atom stereocenters. The van der Waals surface area contributed by atoms with E-state index < -0.39 is 16.0 Å². The largest absolute Gasteiger partial charge is 0.475 e. The van der Waals surface area contributed by atoms with E-state index in [2.05, 4.69) is 4.72 Å². The Hall–Kier alpha value is -1.34. The van der Waals surface area contributed by atoms with Gasteiger partial charge in [-0.25, -0.2) is 17.9 Å². The zero-order valence-corrected chi connectivity index (χ0v) is 11.4. The molecule has 1 heterocycles. The molecule has 0 bridgehead atoms. The molecule has 1 saturated carbocycles. The van der Waals surface area contributed by atoms with Crippen LogP contribution in [-0.4, -0.2) is 25.5 Å². The maximum Gasteiger partial charge on any atom is 0.371 e. The Morgan fingerprint density at radius 1 is 1.53 bits per heavy atom. The molecular weight excluding hydrogens is 270 g/mol. The molecule has 0 aromatic carbocycles. The Bertz CT molecular complexity index is 558. The topological polar surface area (TPSA) is 96.6 Å². The van der Waals surface area contributed by atoms with E-state index in [4.69, 9.17) is 9.52 Å². The molecule has 2 N–H and O–H groups in total. The molecule has 6 nitrogen and oxygen atoms in total. The van der Waals surface area contributed by atoms with Gasteiger partial charge in [-0.2, -0.15) is 0 Å². The molecule has 1 aromatic heterocycles. The number of aromatic carboxylic acids is 1. The van der Waals surface area contributed by atoms with Gasteiger partial charge in [0.25, 0.3) is 10.0 Å². The highest BCUT2D eigenvalue weighted by Crippen LogP contribution is 2.34. The van der Waals surface area contributed by atoms with Crippen molar-refractivity contribution in [3.8, 4) is 0 Å². The van der Waals surface area contributed by atoms with Gasteiger partial charge in [-0.1, -0.05) is 19.8 Å². The first-order chi connectivity index (χ1) is 8.92. The second kappa shape index (κ2) is 5.34. The number of sulfonamides is 1. The maximum absolute atomic E-state index is 12.0. The molecule has 1 aliphatic carbocycles. The van der Waals surface area contributed by atoms with Gasteiger partial charge in [0.2, 0.25) is 10.9 Å². The number of carboxylic acid groups (broad SMARTS) is 1. The van der Waals surface area contributed by atoms with Crippen molar-refractivity contribution in [1.82, 2.24) is 4.72 Å². The minimum Gasteiger partial charge on any atom is -0.475 e. The summed E-state index contributed by atoms with van der Waals surface area (Å²) in [5.41, 5.74) is 0. The maximum atomic E-state index is 12.0. The van der Waals surface area contributed by atoms with Gasteiger partial charge in [0, 0.05) is 6.04 Å². The predicted molar refractivity (Wildman–Crippen MR) is 67.4 cm³/mol. The lowest BCUT2D eigenvalue weighted by Crippen LogP contribution is -2.34. The van der Waals surface area contributed by atoms with Crippen LogP contribution in [0.1, 0.15) is 43.2 Å². The summed E-state index contributed by atoms with van der Waals surface area (Å²) < 4.78 is 31.5. The van der Waals surface area contributed by atoms with Gasteiger partial charge in [-0.3, -0.25) is 0 Å². The smallest absolute Gasteiger partial charge is 0.371 e. The van der Waals surface area contributed by atoms with Crippen molar-refractivity contribution in [1.29, 1.82) is 0 Å². The highest BCUT2D eigenvalue weighted by molar-refractivity contribution is 7.89. The Balaban J connectivity index is 2.08. The molecule has 1 unspecified atom stereocenters. The number of nitrogens with one attached hydrogen (secondary N) is 1. The number of hydrogen-bond donors (Lipinski definition) is 2. The summed E-state index contributed by atoms with van der Waals surface area (Å²) in [6.07, 6.45) is 3.83. The molecule has 1 aliphatic rings. The van der Waals surface area contributed by atoms with E-state index >= 15 is 0 Å². The molecule has 0 amide bonds. The molecule has 106 valence electrons. The zero-order valence-electron chi connectivity index (χ0n) is 10.6. The number of furan rings is 1. The molecule has 0 spiro atoms. The van der Waals surface area contributed by atoms with Crippen LogP contribution >= 0.6 is 0 Å². The minimum absolute atomic E-state index is 0.129. The molecular formula is C12H17NO5S. The first kappa shape index (κ1) is 14.1. The summed E-state index contributed by atoms with van der Waals surface area (Å²) in [5, 5.41) is 8.36. The fraction of sp³-hybridized carbons (Fsp3) is 0.583. The lowest BCUT2D eigenvalue weighted by atomic mass is 10.1. The van der Waals surface area contributed by atoms with Crippen LogP contribution in [0.15, 0.2) is 21.6 Å². The lowest BCUT2D eigenvalue weighted by molar-refractivity contribution is 0.0656. The van der Waals surface area contributed by atoms with Crippen LogP contribution in [0.3, 0.4) is 0 Å². The summed E-state index contributed by atoms with van der Waals surface area (Å²) in [6.45, 7) is 1.92. The summed E-state index contributed by atoms with van der Waals surface area (Å²) in [7, 11) is -3.78. The van der Waals surface area contributed by atoms with E-state index in [0.29, 0.717) is 12.3 Å². The van der Waals surface area contributed by atoms with Crippen LogP contribution in [0.4, 0.5) is 0 Å². The molecule has 2 rings (SSSR count). The van der Waals surface area contributed by atoms with Crippen molar-refractivity contribution in [3.63, 3.8) is 0 Å². The number of hydrogen-bond acceptors (Lipinski definition) is 4. The van der Waals surface area contributed by atoms with Crippen LogP contribution in [0.2, 0.25) is 0 Å². The zero-order chi connectivity index (χ0) is 14.0. The second-order valence-electron chi connectivity index (χ2n) is 4.83. The van der Waals surface area contributed by atoms with Crippen molar-refractivity contribution in [2.75, 3.05) is 0 Å². The van der Waals surface area contributed by atoms with Gasteiger partial charge in [0.15, 0.2) is 0 Å². The van der Waals surface area contributed by atoms with Gasteiger partial charge >= 0.3 is 5.97 Å². The standard InChI is InChI=1S/C12H17NO5S/c1-2-9(7-8-3-4-8)13-19(16,17)11-6-5-10(18-11)12(14)15/h5-6,8-9,13H,2-4,7H2,1H3,(H,14,15). The Morgan fingerprint density at radius 3 is 2.68 bits per heavy atom. The lowest BCUT2D eigenvalue weighted by Gasteiger charge is -2.15. The predicted octanol–water partition coefficient (Wildman–Crippen LogP) is 1.83. The fourth-order valence-corrected chi connectivity index (χ4v) is 3.18. The van der Waals surface area contributed by atoms with Crippen molar-refractivity contribution in [2.45, 2.75) is 43.7 Å². The van der Waals surface area contributed by atoms with Crippen molar-refractivity contribution in [3.05, 3.63) is 17.9 Å². The molecule has 1 fully saturated rings. The average molecular weight is 287 g/mol. The molecule has 1 aromatic rings. The number of carboxylic acids is 1. The average Bonchev–Trinajstić information content (AvgIpc) is 2.99. The molecule has 0 saturated heterocycles. The van der Waals surface area contributed by atoms with Crippen molar-refractivity contribution in [2.24, 2.45) is 5.92 Å². The molecule has 7 heteroatoms. The Kier molecular flexibility index (Phi) is 3.96. The summed E-state index contributed by atoms with van der Waals surface area (Å²) >= 11 is 0. The van der Waals surface area contributed by atoms with E-state index in [-0.39, 0.29) is 16.9 Å². The Morgan fingerprint density at radius 2 is 2.21 bits per heavy atom. The first-order valence-electron chi connectivity index (χ1n) is 6.28. The second-order valence-corrected chi connectivity index (χ2v) is 6.47. The van der Waals surface area contributed by atoms with Crippen LogP contribution in [0.5, 0.6) is 0 Å². The van der Waals surface area contributed by atoms with Gasteiger partial charge in [-0.15, -0.1) is 0 Å². The van der Waals surface area contributed by atoms with Crippen molar-refractivity contribution < 1.29 is 22.7 Å². The van der Waals surface area contributed by atoms with E-state index in [1.165, 1.54) is 0 Å². The summed E-state index contributed by atoms with van der Waals surface area (Å²) in [5.74, 6) is -1.05. The van der Waals surface area contributed by atoms with E-state index in [9.17, 15) is 13.2 Å². The van der Waals surface area contributed by atoms with E-state index in [0.717, 1.165) is 31.4 Å². The number of carbonyl (C=O) groups is 1. The van der Waals surface area contributed by atoms with Gasteiger partial charge in [-0.05, 0) is 30.9 Å². The molecule has 19 heavy (non-hydrogen) atoms. The molecule has 0 radical (unpaired) electrons. The highest BCUT2D eigenvalue weighted by atomic mass is 32.2. The van der Waals surface area contributed by atoms with Crippen LogP contribution in [0.25, 0.3) is 0 Å². The Labute approximate surface area is 111 Å². The van der Waals surface area contributed by atoms with Crippen LogP contribution in [-0.2, 0) is 10.0 Å². The van der Waals surface area contributed by atoms with E-state index in [1.54, 1.807) is 0 Å². The number of rotatable bonds is 7. The van der Waals surface area contributed by atoms with Gasteiger partial charge in [0.1, 0.15) is 0 Å². The summed E-state index contributed by atoms with van der Waals surface area (Å²) in [6, 6.07) is 2.17. The monoisotopic (exact) mass is 287 g/mol. The van der Waals surface area contributed by atoms with Crippen molar-refractivity contribution >= 4 is 16.0 Å². The highest BCUT2D eigenvalue weighted by Gasteiger charge is 2.29. The summed E-state index contributed by atoms with van der Waals surface area (Å²) in [4.78, 5) is 10.7. The third kappa shape index (κ3) is 3.57. The van der Waals surface area contributed by atoms with Crippen LogP contribution in [0, 0.1) is 5.92 Å². The normalized spacial score (nSPS) is 17.3.